The maximum Gasteiger partial charge on any atom is 0.217 e. The lowest BCUT2D eigenvalue weighted by Crippen LogP contribution is -2.63. The molecule has 0 saturated carbocycles. The van der Waals surface area contributed by atoms with Crippen LogP contribution in [0.1, 0.15) is 18.1 Å². The van der Waals surface area contributed by atoms with Gasteiger partial charge in [-0.2, -0.15) is 0 Å². The Bertz CT molecular complexity index is 608. The Hall–Kier alpha value is -2.06. The fourth-order valence-corrected chi connectivity index (χ4v) is 3.43. The molecule has 0 aromatic heterocycles. The molecule has 0 unspecified atom stereocenters. The molecule has 2 heterocycles. The Kier molecular flexibility index (Phi) is 2.33. The highest BCUT2D eigenvalue weighted by Gasteiger charge is 2.66. The van der Waals surface area contributed by atoms with Crippen LogP contribution in [0.5, 0.6) is 0 Å². The van der Waals surface area contributed by atoms with Gasteiger partial charge in [0.1, 0.15) is 5.60 Å². The van der Waals surface area contributed by atoms with Crippen LogP contribution in [0.2, 0.25) is 0 Å². The standard InChI is InChI=1S/C18H16O2/c1-17-16(12-13-19-17)18(20-17,14-8-4-2-5-9-14)15-10-6-3-7-11-15/h2-13,16H,1H3/t16-,17-/m1/s1. The molecule has 1 fully saturated rings. The number of hydrogen-bond donors (Lipinski definition) is 0. The summed E-state index contributed by atoms with van der Waals surface area (Å²) in [5.74, 6) is -0.342. The van der Waals surface area contributed by atoms with Crippen molar-refractivity contribution in [2.75, 3.05) is 0 Å². The Morgan fingerprint density at radius 1 is 0.850 bits per heavy atom. The van der Waals surface area contributed by atoms with Crippen molar-refractivity contribution in [1.29, 1.82) is 0 Å². The molecule has 0 bridgehead atoms. The number of ether oxygens (including phenoxy) is 2. The summed E-state index contributed by atoms with van der Waals surface area (Å²) in [5, 5.41) is 0. The molecule has 2 aromatic rings. The maximum absolute atomic E-state index is 6.33. The average Bonchev–Trinajstić information content (AvgIpc) is 2.80. The highest BCUT2D eigenvalue weighted by atomic mass is 16.7. The molecule has 2 heteroatoms. The van der Waals surface area contributed by atoms with Gasteiger partial charge in [0.15, 0.2) is 0 Å². The van der Waals surface area contributed by atoms with Gasteiger partial charge in [0, 0.05) is 6.92 Å². The Morgan fingerprint density at radius 3 is 1.90 bits per heavy atom. The molecule has 0 spiro atoms. The van der Waals surface area contributed by atoms with Crippen LogP contribution in [-0.4, -0.2) is 5.79 Å². The molecular weight excluding hydrogens is 248 g/mol. The summed E-state index contributed by atoms with van der Waals surface area (Å²) < 4.78 is 12.0. The van der Waals surface area contributed by atoms with E-state index in [1.165, 1.54) is 11.1 Å². The summed E-state index contributed by atoms with van der Waals surface area (Å²) in [5.41, 5.74) is 1.90. The predicted octanol–water partition coefficient (Wildman–Crippen LogP) is 3.84. The highest BCUT2D eigenvalue weighted by Crippen LogP contribution is 2.60. The minimum Gasteiger partial charge on any atom is -0.470 e. The van der Waals surface area contributed by atoms with Gasteiger partial charge < -0.3 is 9.47 Å². The molecule has 2 atom stereocenters. The van der Waals surface area contributed by atoms with Gasteiger partial charge in [0.05, 0.1) is 12.2 Å². The lowest BCUT2D eigenvalue weighted by Gasteiger charge is -2.57. The van der Waals surface area contributed by atoms with Crippen molar-refractivity contribution < 1.29 is 9.47 Å². The van der Waals surface area contributed by atoms with E-state index in [0.29, 0.717) is 0 Å². The zero-order valence-electron chi connectivity index (χ0n) is 11.3. The summed E-state index contributed by atoms with van der Waals surface area (Å²) in [4.78, 5) is 0. The van der Waals surface area contributed by atoms with Crippen molar-refractivity contribution in [2.45, 2.75) is 18.3 Å². The Morgan fingerprint density at radius 2 is 1.40 bits per heavy atom. The van der Waals surface area contributed by atoms with Crippen molar-refractivity contribution in [3.8, 4) is 0 Å². The largest absolute Gasteiger partial charge is 0.470 e. The van der Waals surface area contributed by atoms with Gasteiger partial charge in [-0.1, -0.05) is 60.7 Å². The third kappa shape index (κ3) is 1.37. The normalized spacial score (nSPS) is 29.4. The van der Waals surface area contributed by atoms with E-state index in [1.54, 1.807) is 6.26 Å². The number of rotatable bonds is 2. The predicted molar refractivity (Wildman–Crippen MR) is 76.9 cm³/mol. The van der Waals surface area contributed by atoms with Crippen molar-refractivity contribution in [2.24, 2.45) is 5.92 Å². The van der Waals surface area contributed by atoms with Crippen LogP contribution >= 0.6 is 0 Å². The second kappa shape index (κ2) is 3.97. The first-order valence-corrected chi connectivity index (χ1v) is 6.91. The fraction of sp³-hybridized carbons (Fsp3) is 0.222. The monoisotopic (exact) mass is 264 g/mol. The number of fused-ring (bicyclic) bond motifs is 1. The summed E-state index contributed by atoms with van der Waals surface area (Å²) in [6.07, 6.45) is 3.88. The minimum atomic E-state index is -0.536. The molecule has 4 rings (SSSR count). The highest BCUT2D eigenvalue weighted by molar-refractivity contribution is 5.43. The maximum atomic E-state index is 6.33. The zero-order chi connectivity index (χ0) is 13.6. The van der Waals surface area contributed by atoms with E-state index in [1.807, 2.05) is 19.1 Å². The topological polar surface area (TPSA) is 18.5 Å². The van der Waals surface area contributed by atoms with Gasteiger partial charge in [-0.15, -0.1) is 0 Å². The molecule has 20 heavy (non-hydrogen) atoms. The smallest absolute Gasteiger partial charge is 0.217 e. The van der Waals surface area contributed by atoms with Crippen LogP contribution in [0.4, 0.5) is 0 Å². The van der Waals surface area contributed by atoms with E-state index in [2.05, 4.69) is 54.6 Å². The molecule has 2 aliphatic heterocycles. The van der Waals surface area contributed by atoms with E-state index in [9.17, 15) is 0 Å². The molecule has 0 radical (unpaired) electrons. The third-order valence-electron chi connectivity index (χ3n) is 4.34. The van der Waals surface area contributed by atoms with Crippen LogP contribution in [0, 0.1) is 5.92 Å². The van der Waals surface area contributed by atoms with E-state index < -0.39 is 11.4 Å². The van der Waals surface area contributed by atoms with Gasteiger partial charge in [-0.05, 0) is 17.2 Å². The van der Waals surface area contributed by atoms with E-state index >= 15 is 0 Å². The van der Waals surface area contributed by atoms with Crippen molar-refractivity contribution in [3.63, 3.8) is 0 Å². The molecule has 2 aromatic carbocycles. The van der Waals surface area contributed by atoms with Crippen molar-refractivity contribution in [1.82, 2.24) is 0 Å². The van der Waals surface area contributed by atoms with E-state index in [4.69, 9.17) is 9.47 Å². The van der Waals surface area contributed by atoms with Crippen molar-refractivity contribution in [3.05, 3.63) is 84.1 Å². The molecular formula is C18H16O2. The van der Waals surface area contributed by atoms with E-state index in [-0.39, 0.29) is 5.92 Å². The van der Waals surface area contributed by atoms with Crippen LogP contribution in [0.3, 0.4) is 0 Å². The molecule has 1 saturated heterocycles. The molecule has 0 N–H and O–H groups in total. The van der Waals surface area contributed by atoms with Crippen molar-refractivity contribution >= 4 is 0 Å². The van der Waals surface area contributed by atoms with Gasteiger partial charge in [0.2, 0.25) is 5.79 Å². The lowest BCUT2D eigenvalue weighted by molar-refractivity contribution is -0.372. The summed E-state index contributed by atoms with van der Waals surface area (Å²) in [6, 6.07) is 20.8. The SMILES string of the molecule is C[C@]12OC=C[C@H]1C(c1ccccc1)(c1ccccc1)O2. The van der Waals surface area contributed by atoms with Gasteiger partial charge in [-0.3, -0.25) is 0 Å². The third-order valence-corrected chi connectivity index (χ3v) is 4.34. The lowest BCUT2D eigenvalue weighted by atomic mass is 9.68. The van der Waals surface area contributed by atoms with Gasteiger partial charge in [-0.25, -0.2) is 0 Å². The van der Waals surface area contributed by atoms with E-state index in [0.717, 1.165) is 0 Å². The summed E-state index contributed by atoms with van der Waals surface area (Å²) >= 11 is 0. The Labute approximate surface area is 118 Å². The quantitative estimate of drug-likeness (QED) is 0.820. The van der Waals surface area contributed by atoms with Crippen LogP contribution < -0.4 is 0 Å². The molecule has 100 valence electrons. The number of hydrogen-bond acceptors (Lipinski definition) is 2. The van der Waals surface area contributed by atoms with Crippen LogP contribution in [0.25, 0.3) is 0 Å². The van der Waals surface area contributed by atoms with Gasteiger partial charge in [0.25, 0.3) is 0 Å². The first kappa shape index (κ1) is 11.7. The summed E-state index contributed by atoms with van der Waals surface area (Å²) in [6.45, 7) is 2.00. The van der Waals surface area contributed by atoms with Crippen LogP contribution in [0.15, 0.2) is 73.0 Å². The molecule has 2 nitrogen and oxygen atoms in total. The Balaban J connectivity index is 1.90. The number of benzene rings is 2. The molecule has 0 aliphatic carbocycles. The second-order valence-corrected chi connectivity index (χ2v) is 5.51. The summed E-state index contributed by atoms with van der Waals surface area (Å²) in [7, 11) is 0. The van der Waals surface area contributed by atoms with Gasteiger partial charge >= 0.3 is 0 Å². The second-order valence-electron chi connectivity index (χ2n) is 5.51. The molecule has 0 amide bonds. The first-order chi connectivity index (χ1) is 9.76. The van der Waals surface area contributed by atoms with Crippen LogP contribution in [-0.2, 0) is 15.1 Å². The fourth-order valence-electron chi connectivity index (χ4n) is 3.43. The first-order valence-electron chi connectivity index (χ1n) is 6.91. The minimum absolute atomic E-state index is 0.194. The molecule has 2 aliphatic rings. The average molecular weight is 264 g/mol. The zero-order valence-corrected chi connectivity index (χ0v) is 11.3.